The summed E-state index contributed by atoms with van der Waals surface area (Å²) in [4.78, 5) is 17.1. The van der Waals surface area contributed by atoms with Crippen molar-refractivity contribution in [1.29, 1.82) is 0 Å². The molecule has 0 saturated carbocycles. The lowest BCUT2D eigenvalue weighted by Gasteiger charge is -2.10. The predicted octanol–water partition coefficient (Wildman–Crippen LogP) is 4.75. The van der Waals surface area contributed by atoms with Crippen LogP contribution in [0.1, 0.15) is 6.92 Å². The summed E-state index contributed by atoms with van der Waals surface area (Å²) in [5, 5.41) is 12.5. The van der Waals surface area contributed by atoms with Gasteiger partial charge in [0.1, 0.15) is 5.75 Å². The molecule has 1 atom stereocenters. The number of aromatic amines is 1. The number of hydrogen-bond donors (Lipinski definition) is 2. The molecule has 7 heteroatoms. The number of aromatic nitrogens is 3. The van der Waals surface area contributed by atoms with E-state index in [1.165, 1.54) is 11.8 Å². The lowest BCUT2D eigenvalue weighted by Crippen LogP contribution is -2.22. The monoisotopic (exact) mass is 404 g/mol. The number of thioether (sulfide) groups is 1. The molecule has 0 spiro atoms. The van der Waals surface area contributed by atoms with Crippen LogP contribution in [0.2, 0.25) is 0 Å². The average Bonchev–Trinajstić information content (AvgIpc) is 3.22. The van der Waals surface area contributed by atoms with Gasteiger partial charge in [0.05, 0.1) is 12.4 Å². The average molecular weight is 404 g/mol. The molecule has 0 saturated heterocycles. The molecule has 1 amide bonds. The van der Waals surface area contributed by atoms with E-state index in [2.05, 4.69) is 20.5 Å². The van der Waals surface area contributed by atoms with Gasteiger partial charge in [-0.25, -0.2) is 4.98 Å². The molecule has 3 aromatic carbocycles. The Labute approximate surface area is 172 Å². The van der Waals surface area contributed by atoms with Crippen molar-refractivity contribution >= 4 is 34.1 Å². The Balaban J connectivity index is 1.41. The molecule has 29 heavy (non-hydrogen) atoms. The number of carbonyl (C=O) groups is 1. The largest absolute Gasteiger partial charge is 0.497 e. The van der Waals surface area contributed by atoms with Gasteiger partial charge in [-0.1, -0.05) is 42.1 Å². The Bertz CT molecular complexity index is 1140. The number of anilines is 1. The first-order valence-electron chi connectivity index (χ1n) is 9.15. The van der Waals surface area contributed by atoms with Crippen LogP contribution < -0.4 is 10.1 Å². The minimum absolute atomic E-state index is 0.0962. The fraction of sp³-hybridized carbons (Fsp3) is 0.136. The zero-order valence-electron chi connectivity index (χ0n) is 16.0. The van der Waals surface area contributed by atoms with Gasteiger partial charge in [0.2, 0.25) is 11.1 Å². The fourth-order valence-electron chi connectivity index (χ4n) is 2.90. The highest BCUT2D eigenvalue weighted by atomic mass is 32.2. The highest BCUT2D eigenvalue weighted by Gasteiger charge is 2.18. The Morgan fingerprint density at radius 1 is 1.07 bits per heavy atom. The zero-order chi connectivity index (χ0) is 20.2. The van der Waals surface area contributed by atoms with Gasteiger partial charge >= 0.3 is 0 Å². The molecule has 0 radical (unpaired) electrons. The molecule has 1 heterocycles. The van der Waals surface area contributed by atoms with E-state index in [-0.39, 0.29) is 11.2 Å². The summed E-state index contributed by atoms with van der Waals surface area (Å²) in [7, 11) is 1.63. The van der Waals surface area contributed by atoms with E-state index in [1.54, 1.807) is 7.11 Å². The third-order valence-electron chi connectivity index (χ3n) is 4.50. The number of nitrogens with one attached hydrogen (secondary N) is 2. The van der Waals surface area contributed by atoms with Crippen LogP contribution in [0.4, 0.5) is 5.69 Å². The number of H-pyrrole nitrogens is 1. The molecule has 4 rings (SSSR count). The normalized spacial score (nSPS) is 11.9. The number of methoxy groups -OCH3 is 1. The van der Waals surface area contributed by atoms with Gasteiger partial charge in [-0.15, -0.1) is 5.10 Å². The molecule has 0 fully saturated rings. The Morgan fingerprint density at radius 2 is 1.83 bits per heavy atom. The van der Waals surface area contributed by atoms with Crippen molar-refractivity contribution in [2.24, 2.45) is 0 Å². The smallest absolute Gasteiger partial charge is 0.237 e. The molecule has 0 aliphatic heterocycles. The van der Waals surface area contributed by atoms with Gasteiger partial charge in [-0.2, -0.15) is 0 Å². The molecule has 0 aliphatic carbocycles. The Morgan fingerprint density at radius 3 is 2.59 bits per heavy atom. The molecule has 0 bridgehead atoms. The van der Waals surface area contributed by atoms with Crippen molar-refractivity contribution in [3.8, 4) is 17.1 Å². The number of rotatable bonds is 6. The van der Waals surface area contributed by atoms with Crippen LogP contribution >= 0.6 is 11.8 Å². The molecular weight excluding hydrogens is 384 g/mol. The lowest BCUT2D eigenvalue weighted by molar-refractivity contribution is -0.115. The molecule has 0 unspecified atom stereocenters. The van der Waals surface area contributed by atoms with E-state index in [0.29, 0.717) is 11.0 Å². The van der Waals surface area contributed by atoms with Crippen LogP contribution in [0.5, 0.6) is 5.75 Å². The third-order valence-corrected chi connectivity index (χ3v) is 5.46. The van der Waals surface area contributed by atoms with E-state index in [9.17, 15) is 4.79 Å². The maximum absolute atomic E-state index is 12.6. The van der Waals surface area contributed by atoms with E-state index >= 15 is 0 Å². The summed E-state index contributed by atoms with van der Waals surface area (Å²) in [5.74, 6) is 1.33. The number of benzene rings is 3. The predicted molar refractivity (Wildman–Crippen MR) is 116 cm³/mol. The van der Waals surface area contributed by atoms with E-state index in [1.807, 2.05) is 73.7 Å². The van der Waals surface area contributed by atoms with Gasteiger partial charge in [-0.05, 0) is 54.1 Å². The number of amides is 1. The summed E-state index contributed by atoms with van der Waals surface area (Å²) in [6.45, 7) is 1.84. The second-order valence-electron chi connectivity index (χ2n) is 6.51. The number of hydrogen-bond acceptors (Lipinski definition) is 5. The van der Waals surface area contributed by atoms with E-state index < -0.39 is 0 Å². The van der Waals surface area contributed by atoms with Gasteiger partial charge < -0.3 is 10.1 Å². The second-order valence-corrected chi connectivity index (χ2v) is 7.81. The summed E-state index contributed by atoms with van der Waals surface area (Å²) in [5.41, 5.74) is 1.67. The summed E-state index contributed by atoms with van der Waals surface area (Å²) in [6.07, 6.45) is 0. The number of carbonyl (C=O) groups excluding carboxylic acids is 1. The van der Waals surface area contributed by atoms with Crippen LogP contribution in [0, 0.1) is 0 Å². The Hall–Kier alpha value is -3.32. The van der Waals surface area contributed by atoms with Crippen molar-refractivity contribution in [1.82, 2.24) is 15.2 Å². The third kappa shape index (κ3) is 4.41. The highest BCUT2D eigenvalue weighted by molar-refractivity contribution is 8.00. The van der Waals surface area contributed by atoms with Crippen molar-refractivity contribution < 1.29 is 9.53 Å². The summed E-state index contributed by atoms with van der Waals surface area (Å²) < 4.78 is 5.17. The first-order chi connectivity index (χ1) is 14.1. The maximum Gasteiger partial charge on any atom is 0.237 e. The molecule has 1 aromatic heterocycles. The number of nitrogens with zero attached hydrogens (tertiary/aromatic N) is 2. The number of ether oxygens (including phenoxy) is 1. The molecule has 0 aliphatic rings. The zero-order valence-corrected chi connectivity index (χ0v) is 16.9. The molecule has 146 valence electrons. The standard InChI is InChI=1S/C22H20N4O2S/c1-14(21(27)23-18-10-7-15-5-3-4-6-17(15)13-18)29-22-24-20(25-26-22)16-8-11-19(28-2)12-9-16/h3-14H,1-2H3,(H,23,27)(H,24,25,26)/t14-/m1/s1. The topological polar surface area (TPSA) is 79.9 Å². The van der Waals surface area contributed by atoms with Crippen molar-refractivity contribution in [2.45, 2.75) is 17.3 Å². The van der Waals surface area contributed by atoms with Crippen LogP contribution in [-0.2, 0) is 4.79 Å². The molecule has 2 N–H and O–H groups in total. The first-order valence-corrected chi connectivity index (χ1v) is 10.0. The maximum atomic E-state index is 12.6. The van der Waals surface area contributed by atoms with Crippen molar-refractivity contribution in [2.75, 3.05) is 12.4 Å². The van der Waals surface area contributed by atoms with Crippen LogP contribution in [0.15, 0.2) is 71.9 Å². The van der Waals surface area contributed by atoms with E-state index in [0.717, 1.165) is 27.8 Å². The minimum Gasteiger partial charge on any atom is -0.497 e. The highest BCUT2D eigenvalue weighted by Crippen LogP contribution is 2.25. The second kappa shape index (κ2) is 8.36. The molecular formula is C22H20N4O2S. The first kappa shape index (κ1) is 19.0. The summed E-state index contributed by atoms with van der Waals surface area (Å²) in [6, 6.07) is 21.5. The van der Waals surface area contributed by atoms with Crippen molar-refractivity contribution in [3.05, 3.63) is 66.7 Å². The molecule has 6 nitrogen and oxygen atoms in total. The van der Waals surface area contributed by atoms with Crippen LogP contribution in [-0.4, -0.2) is 33.4 Å². The summed E-state index contributed by atoms with van der Waals surface area (Å²) >= 11 is 1.31. The fourth-order valence-corrected chi connectivity index (χ4v) is 3.62. The minimum atomic E-state index is -0.346. The van der Waals surface area contributed by atoms with Gasteiger partial charge in [0.25, 0.3) is 0 Å². The molecule has 4 aromatic rings. The van der Waals surface area contributed by atoms with Crippen LogP contribution in [0.3, 0.4) is 0 Å². The van der Waals surface area contributed by atoms with E-state index in [4.69, 9.17) is 4.74 Å². The SMILES string of the molecule is COc1ccc(-c2nc(S[C@H](C)C(=O)Nc3ccc4ccccc4c3)n[nH]2)cc1. The van der Waals surface area contributed by atoms with Gasteiger partial charge in [0.15, 0.2) is 5.82 Å². The number of fused-ring (bicyclic) bond motifs is 1. The van der Waals surface area contributed by atoms with Gasteiger partial charge in [-0.3, -0.25) is 9.89 Å². The Kier molecular flexibility index (Phi) is 5.48. The lowest BCUT2D eigenvalue weighted by atomic mass is 10.1. The van der Waals surface area contributed by atoms with Crippen LogP contribution in [0.25, 0.3) is 22.2 Å². The van der Waals surface area contributed by atoms with Gasteiger partial charge in [0, 0.05) is 11.3 Å². The quantitative estimate of drug-likeness (QED) is 0.453. The van der Waals surface area contributed by atoms with Crippen molar-refractivity contribution in [3.63, 3.8) is 0 Å².